The van der Waals surface area contributed by atoms with Gasteiger partial charge in [0.2, 0.25) is 0 Å². The Labute approximate surface area is 147 Å². The van der Waals surface area contributed by atoms with E-state index in [2.05, 4.69) is 5.32 Å². The highest BCUT2D eigenvalue weighted by Gasteiger charge is 2.16. The molecule has 0 saturated carbocycles. The van der Waals surface area contributed by atoms with Gasteiger partial charge < -0.3 is 15.5 Å². The van der Waals surface area contributed by atoms with Gasteiger partial charge >= 0.3 is 0 Å². The van der Waals surface area contributed by atoms with E-state index in [4.69, 9.17) is 10.2 Å². The molecule has 0 atom stereocenters. The summed E-state index contributed by atoms with van der Waals surface area (Å²) in [6.07, 6.45) is 3.26. The van der Waals surface area contributed by atoms with Gasteiger partial charge in [0, 0.05) is 29.9 Å². The van der Waals surface area contributed by atoms with Gasteiger partial charge in [0.15, 0.2) is 9.84 Å². The van der Waals surface area contributed by atoms with Crippen molar-refractivity contribution >= 4 is 15.5 Å². The van der Waals surface area contributed by atoms with Gasteiger partial charge in [-0.05, 0) is 29.8 Å². The molecule has 130 valence electrons. The van der Waals surface area contributed by atoms with Crippen molar-refractivity contribution in [3.63, 3.8) is 0 Å². The summed E-state index contributed by atoms with van der Waals surface area (Å²) in [6, 6.07) is 15.9. The lowest BCUT2D eigenvalue weighted by Crippen LogP contribution is -2.14. The maximum Gasteiger partial charge on any atom is 0.182 e. The van der Waals surface area contributed by atoms with Crippen LogP contribution in [0.4, 0.5) is 5.69 Å². The molecule has 3 aromatic rings. The Morgan fingerprint density at radius 2 is 1.84 bits per heavy atom. The average Bonchev–Trinajstić information content (AvgIpc) is 3.15. The Kier molecular flexibility index (Phi) is 5.21. The Bertz CT molecular complexity index is 921. The minimum atomic E-state index is -3.39. The lowest BCUT2D eigenvalue weighted by atomic mass is 10.0. The fourth-order valence-corrected chi connectivity index (χ4v) is 3.99. The number of sulfone groups is 1. The van der Waals surface area contributed by atoms with Gasteiger partial charge in [-0.15, -0.1) is 0 Å². The molecule has 3 N–H and O–H groups in total. The van der Waals surface area contributed by atoms with Crippen molar-refractivity contribution < 1.29 is 12.8 Å². The summed E-state index contributed by atoms with van der Waals surface area (Å²) >= 11 is 0. The third kappa shape index (κ3) is 4.10. The monoisotopic (exact) mass is 356 g/mol. The normalized spacial score (nSPS) is 11.4. The molecule has 0 aliphatic heterocycles. The van der Waals surface area contributed by atoms with Crippen molar-refractivity contribution in [2.24, 2.45) is 5.73 Å². The smallest absolute Gasteiger partial charge is 0.182 e. The highest BCUT2D eigenvalue weighted by atomic mass is 32.2. The van der Waals surface area contributed by atoms with Crippen LogP contribution in [0.2, 0.25) is 0 Å². The van der Waals surface area contributed by atoms with E-state index in [-0.39, 0.29) is 5.75 Å². The molecule has 25 heavy (non-hydrogen) atoms. The van der Waals surface area contributed by atoms with Crippen LogP contribution in [0.15, 0.2) is 76.4 Å². The summed E-state index contributed by atoms with van der Waals surface area (Å²) in [4.78, 5) is 0.324. The van der Waals surface area contributed by atoms with Crippen LogP contribution in [-0.2, 0) is 15.6 Å². The average molecular weight is 356 g/mol. The number of hydrogen-bond donors (Lipinski definition) is 2. The number of hydrogen-bond acceptors (Lipinski definition) is 5. The van der Waals surface area contributed by atoms with E-state index in [1.54, 1.807) is 42.9 Å². The summed E-state index contributed by atoms with van der Waals surface area (Å²) in [6.45, 7) is 1.08. The number of benzene rings is 2. The van der Waals surface area contributed by atoms with Crippen LogP contribution in [0.5, 0.6) is 0 Å². The first-order chi connectivity index (χ1) is 12.1. The minimum absolute atomic E-state index is 0.0556. The van der Waals surface area contributed by atoms with Crippen molar-refractivity contribution in [1.29, 1.82) is 0 Å². The molecule has 0 bridgehead atoms. The first-order valence-corrected chi connectivity index (χ1v) is 9.62. The van der Waals surface area contributed by atoms with Crippen LogP contribution >= 0.6 is 0 Å². The van der Waals surface area contributed by atoms with Crippen molar-refractivity contribution in [3.05, 3.63) is 72.7 Å². The molecule has 1 aromatic heterocycles. The number of nitrogens with one attached hydrogen (secondary N) is 1. The van der Waals surface area contributed by atoms with Gasteiger partial charge in [-0.2, -0.15) is 0 Å². The van der Waals surface area contributed by atoms with Gasteiger partial charge in [-0.25, -0.2) is 8.42 Å². The summed E-state index contributed by atoms with van der Waals surface area (Å²) in [5, 5.41) is 3.26. The maximum absolute atomic E-state index is 12.6. The second-order valence-electron chi connectivity index (χ2n) is 5.68. The predicted molar refractivity (Wildman–Crippen MR) is 99.0 cm³/mol. The van der Waals surface area contributed by atoms with Gasteiger partial charge in [0.05, 0.1) is 23.2 Å². The molecule has 0 aliphatic rings. The minimum Gasteiger partial charge on any atom is -0.472 e. The Balaban J connectivity index is 1.92. The lowest BCUT2D eigenvalue weighted by Gasteiger charge is -2.13. The summed E-state index contributed by atoms with van der Waals surface area (Å²) in [5.41, 5.74) is 9.02. The van der Waals surface area contributed by atoms with E-state index >= 15 is 0 Å². The third-order valence-electron chi connectivity index (χ3n) is 3.83. The van der Waals surface area contributed by atoms with Gasteiger partial charge in [-0.3, -0.25) is 0 Å². The Hall–Kier alpha value is -2.57. The van der Waals surface area contributed by atoms with E-state index in [1.807, 2.05) is 24.3 Å². The summed E-state index contributed by atoms with van der Waals surface area (Å²) < 4.78 is 30.3. The van der Waals surface area contributed by atoms with Crippen LogP contribution in [0, 0.1) is 0 Å². The standard InChI is InChI=1S/C19H20N2O3S/c20-9-10-21-19-12-15(6-7-18(19)16-8-11-24-13-16)14-25(22,23)17-4-2-1-3-5-17/h1-8,11-13,21H,9-10,14,20H2. The van der Waals surface area contributed by atoms with Gasteiger partial charge in [0.1, 0.15) is 0 Å². The highest BCUT2D eigenvalue weighted by Crippen LogP contribution is 2.30. The number of nitrogens with two attached hydrogens (primary N) is 1. The fourth-order valence-electron chi connectivity index (χ4n) is 2.63. The third-order valence-corrected chi connectivity index (χ3v) is 5.54. The first-order valence-electron chi connectivity index (χ1n) is 7.97. The Morgan fingerprint density at radius 1 is 1.04 bits per heavy atom. The predicted octanol–water partition coefficient (Wildman–Crippen LogP) is 3.29. The molecule has 0 unspecified atom stereocenters. The van der Waals surface area contributed by atoms with E-state index in [0.717, 1.165) is 22.4 Å². The topological polar surface area (TPSA) is 85.3 Å². The van der Waals surface area contributed by atoms with Crippen molar-refractivity contribution in [2.45, 2.75) is 10.6 Å². The van der Waals surface area contributed by atoms with Crippen molar-refractivity contribution in [1.82, 2.24) is 0 Å². The molecule has 6 heteroatoms. The lowest BCUT2D eigenvalue weighted by molar-refractivity contribution is 0.568. The van der Waals surface area contributed by atoms with Crippen LogP contribution < -0.4 is 11.1 Å². The molecule has 1 heterocycles. The number of rotatable bonds is 7. The van der Waals surface area contributed by atoms with E-state index in [9.17, 15) is 8.42 Å². The Morgan fingerprint density at radius 3 is 2.52 bits per heavy atom. The van der Waals surface area contributed by atoms with Gasteiger partial charge in [0.25, 0.3) is 0 Å². The highest BCUT2D eigenvalue weighted by molar-refractivity contribution is 7.90. The molecular formula is C19H20N2O3S. The van der Waals surface area contributed by atoms with Crippen LogP contribution in [0.3, 0.4) is 0 Å². The number of anilines is 1. The van der Waals surface area contributed by atoms with Crippen molar-refractivity contribution in [3.8, 4) is 11.1 Å². The molecule has 0 aliphatic carbocycles. The molecule has 5 nitrogen and oxygen atoms in total. The van der Waals surface area contributed by atoms with Crippen molar-refractivity contribution in [2.75, 3.05) is 18.4 Å². The maximum atomic E-state index is 12.6. The quantitative estimate of drug-likeness (QED) is 0.678. The van der Waals surface area contributed by atoms with Crippen LogP contribution in [-0.4, -0.2) is 21.5 Å². The zero-order valence-corrected chi connectivity index (χ0v) is 14.5. The van der Waals surface area contributed by atoms with E-state index < -0.39 is 9.84 Å². The summed E-state index contributed by atoms with van der Waals surface area (Å²) in [5.74, 6) is -0.0556. The summed E-state index contributed by atoms with van der Waals surface area (Å²) in [7, 11) is -3.39. The molecular weight excluding hydrogens is 336 g/mol. The van der Waals surface area contributed by atoms with E-state index in [1.165, 1.54) is 0 Å². The SMILES string of the molecule is NCCNc1cc(CS(=O)(=O)c2ccccc2)ccc1-c1ccoc1. The molecule has 0 amide bonds. The van der Waals surface area contributed by atoms with Crippen LogP contribution in [0.1, 0.15) is 5.56 Å². The van der Waals surface area contributed by atoms with E-state index in [0.29, 0.717) is 18.0 Å². The van der Waals surface area contributed by atoms with Crippen LogP contribution in [0.25, 0.3) is 11.1 Å². The fraction of sp³-hybridized carbons (Fsp3) is 0.158. The molecule has 3 rings (SSSR count). The second-order valence-corrected chi connectivity index (χ2v) is 7.67. The number of furan rings is 1. The zero-order chi connectivity index (χ0) is 17.7. The first kappa shape index (κ1) is 17.3. The molecule has 0 fully saturated rings. The second kappa shape index (κ2) is 7.55. The molecule has 2 aromatic carbocycles. The largest absolute Gasteiger partial charge is 0.472 e. The molecule has 0 saturated heterocycles. The zero-order valence-electron chi connectivity index (χ0n) is 13.7. The molecule has 0 spiro atoms. The van der Waals surface area contributed by atoms with Gasteiger partial charge in [-0.1, -0.05) is 30.3 Å². The molecule has 0 radical (unpaired) electrons.